The predicted octanol–water partition coefficient (Wildman–Crippen LogP) is 8.76. The number of pyridine rings is 2. The van der Waals surface area contributed by atoms with Crippen LogP contribution in [0.5, 0.6) is 23.4 Å². The number of halogens is 2. The summed E-state index contributed by atoms with van der Waals surface area (Å²) >= 11 is 0. The van der Waals surface area contributed by atoms with Crippen molar-refractivity contribution >= 4 is 28.6 Å². The highest BCUT2D eigenvalue weighted by molar-refractivity contribution is 5.98. The van der Waals surface area contributed by atoms with Crippen molar-refractivity contribution in [3.8, 4) is 34.6 Å². The number of rotatable bonds is 11. The largest absolute Gasteiger partial charge is 0.497 e. The number of ether oxygens (including phenoxy) is 5. The van der Waals surface area contributed by atoms with E-state index < -0.39 is 29.2 Å². The Bertz CT molecular complexity index is 2630. The van der Waals surface area contributed by atoms with Crippen molar-refractivity contribution in [1.29, 1.82) is 0 Å². The van der Waals surface area contributed by atoms with Crippen LogP contribution < -0.4 is 28.7 Å². The van der Waals surface area contributed by atoms with Gasteiger partial charge in [-0.3, -0.25) is 9.80 Å². The molecule has 2 aromatic carbocycles. The van der Waals surface area contributed by atoms with Crippen LogP contribution in [0, 0.1) is 19.7 Å². The minimum atomic E-state index is -0.948. The van der Waals surface area contributed by atoms with Crippen molar-refractivity contribution < 1.29 is 37.3 Å². The van der Waals surface area contributed by atoms with E-state index in [1.54, 1.807) is 14.2 Å². The zero-order valence-electron chi connectivity index (χ0n) is 39.6. The number of alkyl halides is 1. The van der Waals surface area contributed by atoms with E-state index in [2.05, 4.69) is 14.7 Å². The fourth-order valence-corrected chi connectivity index (χ4v) is 11.3. The second-order valence-corrected chi connectivity index (χ2v) is 20.0. The highest BCUT2D eigenvalue weighted by Gasteiger charge is 2.54. The van der Waals surface area contributed by atoms with Crippen LogP contribution in [-0.4, -0.2) is 118 Å². The fraction of sp³-hybridized carbons (Fsp3) is 0.510. The van der Waals surface area contributed by atoms with E-state index in [-0.39, 0.29) is 53.9 Å². The Kier molecular flexibility index (Phi) is 11.5. The molecule has 0 radical (unpaired) electrons. The van der Waals surface area contributed by atoms with Gasteiger partial charge in [-0.2, -0.15) is 9.97 Å². The third-order valence-electron chi connectivity index (χ3n) is 14.3. The van der Waals surface area contributed by atoms with Gasteiger partial charge in [0.1, 0.15) is 64.2 Å². The number of benzene rings is 2. The third kappa shape index (κ3) is 8.28. The molecule has 4 fully saturated rings. The first kappa shape index (κ1) is 44.8. The maximum absolute atomic E-state index is 18.0. The highest BCUT2D eigenvalue weighted by Crippen LogP contribution is 2.48. The lowest BCUT2D eigenvalue weighted by Gasteiger charge is -2.48. The molecule has 8 heterocycles. The van der Waals surface area contributed by atoms with Gasteiger partial charge in [0.2, 0.25) is 5.88 Å². The van der Waals surface area contributed by atoms with Gasteiger partial charge >= 0.3 is 12.1 Å². The second kappa shape index (κ2) is 17.2. The van der Waals surface area contributed by atoms with E-state index in [9.17, 15) is 9.18 Å². The Labute approximate surface area is 390 Å². The molecule has 5 aromatic rings. The lowest BCUT2D eigenvalue weighted by molar-refractivity contribution is 0.000933. The number of piperazine rings is 1. The molecule has 0 aliphatic carbocycles. The van der Waals surface area contributed by atoms with Gasteiger partial charge in [-0.1, -0.05) is 24.3 Å². The molecule has 354 valence electrons. The summed E-state index contributed by atoms with van der Waals surface area (Å²) in [5, 5.41) is 0.336. The number of carbonyl (C=O) groups is 1. The summed E-state index contributed by atoms with van der Waals surface area (Å²) in [4.78, 5) is 42.3. The summed E-state index contributed by atoms with van der Waals surface area (Å²) in [6.45, 7) is 14.1. The molecular formula is C51H60F2N8O6. The minimum Gasteiger partial charge on any atom is -0.497 e. The van der Waals surface area contributed by atoms with E-state index in [0.29, 0.717) is 66.4 Å². The third-order valence-corrected chi connectivity index (χ3v) is 14.3. The first-order valence-electron chi connectivity index (χ1n) is 23.5. The van der Waals surface area contributed by atoms with E-state index in [1.807, 2.05) is 101 Å². The number of anilines is 2. The Balaban J connectivity index is 1.09. The molecule has 0 N–H and O–H groups in total. The molecule has 16 heteroatoms. The maximum atomic E-state index is 18.0. The number of hydrogen-bond donors (Lipinski definition) is 0. The highest BCUT2D eigenvalue weighted by atomic mass is 19.1. The summed E-state index contributed by atoms with van der Waals surface area (Å²) in [5.74, 6) is 2.14. The smallest absolute Gasteiger partial charge is 0.410 e. The first-order chi connectivity index (χ1) is 32.1. The lowest BCUT2D eigenvalue weighted by atomic mass is 9.95. The van der Waals surface area contributed by atoms with E-state index in [0.717, 1.165) is 54.9 Å². The van der Waals surface area contributed by atoms with Crippen molar-refractivity contribution in [2.45, 2.75) is 128 Å². The van der Waals surface area contributed by atoms with Gasteiger partial charge in [-0.05, 0) is 115 Å². The van der Waals surface area contributed by atoms with Crippen LogP contribution in [0.25, 0.3) is 22.2 Å². The van der Waals surface area contributed by atoms with E-state index in [4.69, 9.17) is 43.6 Å². The summed E-state index contributed by atoms with van der Waals surface area (Å²) in [5.41, 5.74) is 2.87. The van der Waals surface area contributed by atoms with Gasteiger partial charge in [0.05, 0.1) is 37.9 Å². The molecule has 67 heavy (non-hydrogen) atoms. The Morgan fingerprint density at radius 2 is 1.63 bits per heavy atom. The second-order valence-electron chi connectivity index (χ2n) is 20.0. The van der Waals surface area contributed by atoms with E-state index in [1.165, 1.54) is 0 Å². The number of nitrogens with zero attached hydrogens (tertiary/aromatic N) is 8. The van der Waals surface area contributed by atoms with E-state index >= 15 is 4.39 Å². The average Bonchev–Trinajstić information content (AvgIpc) is 3.91. The number of fused-ring (bicyclic) bond motifs is 6. The lowest BCUT2D eigenvalue weighted by Crippen LogP contribution is -2.65. The quantitative estimate of drug-likeness (QED) is 0.125. The standard InChI is InChI=1S/C51H60F2N8O6/c1-29-22-38(30(2)45(54-29)58(24-32-10-15-36(63-7)16-11-32)25-33-12-17-37(64-8)18-13-33)42-41(53)43-40-46(57-48(56-43)65-28-51-20-9-21-59(51)26-34(52)23-51)60-27-35-14-19-39(44(60)31(3)66-47(40)55-42)61(35)49(62)67-50(4,5)6/h10-13,15-18,22,31,34-35,39,44H,9,14,19-21,23-28H2,1-8H3/t31-,34+,35+,39-,44+,51-/m0/s1. The van der Waals surface area contributed by atoms with Crippen LogP contribution in [-0.2, 0) is 17.8 Å². The van der Waals surface area contributed by atoms with Gasteiger partial charge in [0.25, 0.3) is 0 Å². The van der Waals surface area contributed by atoms with Crippen molar-refractivity contribution in [1.82, 2.24) is 29.7 Å². The molecule has 14 nitrogen and oxygen atoms in total. The van der Waals surface area contributed by atoms with Gasteiger partial charge in [0, 0.05) is 49.4 Å². The topological polar surface area (TPSA) is 128 Å². The zero-order chi connectivity index (χ0) is 46.9. The molecule has 2 bridgehead atoms. The van der Waals surface area contributed by atoms with Crippen LogP contribution in [0.1, 0.15) is 82.2 Å². The molecule has 0 saturated carbocycles. The van der Waals surface area contributed by atoms with Crippen LogP contribution in [0.15, 0.2) is 54.6 Å². The fourth-order valence-electron chi connectivity index (χ4n) is 11.3. The molecule has 0 unspecified atom stereocenters. The molecule has 0 spiro atoms. The number of amides is 1. The number of carbonyl (C=O) groups excluding carboxylic acids is 1. The Morgan fingerprint density at radius 3 is 2.28 bits per heavy atom. The minimum absolute atomic E-state index is 0.00302. The molecule has 3 aromatic heterocycles. The number of methoxy groups -OCH3 is 2. The molecule has 1 amide bonds. The molecule has 5 aliphatic rings. The van der Waals surface area contributed by atoms with Crippen molar-refractivity contribution in [3.63, 3.8) is 0 Å². The summed E-state index contributed by atoms with van der Waals surface area (Å²) in [6, 6.07) is 16.8. The van der Waals surface area contributed by atoms with Gasteiger partial charge in [-0.25, -0.2) is 23.5 Å². The zero-order valence-corrected chi connectivity index (χ0v) is 39.6. The Morgan fingerprint density at radius 1 is 0.940 bits per heavy atom. The first-order valence-corrected chi connectivity index (χ1v) is 23.5. The molecule has 4 saturated heterocycles. The summed E-state index contributed by atoms with van der Waals surface area (Å²) < 4.78 is 63.2. The number of aryl methyl sites for hydroxylation is 1. The van der Waals surface area contributed by atoms with Crippen molar-refractivity contribution in [3.05, 3.63) is 82.8 Å². The molecule has 5 aliphatic heterocycles. The average molecular weight is 919 g/mol. The SMILES string of the molecule is COc1ccc(CN(Cc2ccc(OC)cc2)c2nc(C)cc(-c3nc4c5c(nc(OC[C@@]67CCCN6C[C@H](F)C7)nc5c3F)N3C[C@H]5CC[C@@H]([C@H]3[C@H](C)O4)N5C(=O)OC(C)(C)C)c2C)cc1. The van der Waals surface area contributed by atoms with Gasteiger partial charge < -0.3 is 33.5 Å². The van der Waals surface area contributed by atoms with Gasteiger partial charge in [-0.15, -0.1) is 0 Å². The normalized spacial score (nSPS) is 24.2. The summed E-state index contributed by atoms with van der Waals surface area (Å²) in [6.07, 6.45) is 1.75. The molecule has 10 rings (SSSR count). The van der Waals surface area contributed by atoms with Crippen LogP contribution in [0.4, 0.5) is 25.2 Å². The van der Waals surface area contributed by atoms with Gasteiger partial charge in [0.15, 0.2) is 5.82 Å². The number of aromatic nitrogens is 4. The monoisotopic (exact) mass is 918 g/mol. The molecular weight excluding hydrogens is 859 g/mol. The van der Waals surface area contributed by atoms with Crippen LogP contribution >= 0.6 is 0 Å². The Hall–Kier alpha value is -6.03. The van der Waals surface area contributed by atoms with Crippen LogP contribution in [0.3, 0.4) is 0 Å². The number of hydrogen-bond acceptors (Lipinski definition) is 13. The van der Waals surface area contributed by atoms with Crippen molar-refractivity contribution in [2.75, 3.05) is 50.3 Å². The van der Waals surface area contributed by atoms with Crippen LogP contribution in [0.2, 0.25) is 0 Å². The summed E-state index contributed by atoms with van der Waals surface area (Å²) in [7, 11) is 3.29. The van der Waals surface area contributed by atoms with Crippen molar-refractivity contribution in [2.24, 2.45) is 0 Å². The predicted molar refractivity (Wildman–Crippen MR) is 251 cm³/mol. The molecule has 6 atom stereocenters. The maximum Gasteiger partial charge on any atom is 0.410 e.